The second kappa shape index (κ2) is 12.9. The third-order valence-electron chi connectivity index (χ3n) is 5.10. The molecule has 2 atom stereocenters. The van der Waals surface area contributed by atoms with Gasteiger partial charge in [0.05, 0.1) is 0 Å². The van der Waals surface area contributed by atoms with Crippen LogP contribution in [0.15, 0.2) is 59.5 Å². The standard InChI is InChI=1S/C25H33N3O3S/c1-17(2)15-23(29)27-20(14-13-19-11-7-8-12-22(19)32)25(31)28-21(24(30)26-3)16-18-9-5-4-6-10-18/h4-12,17,20-21,32H,13-16H2,1-3H3,(H,26,30)(H,27,29)(H,28,31)/t20-,21-/m0/s1. The highest BCUT2D eigenvalue weighted by Crippen LogP contribution is 2.16. The number of hydrogen-bond donors (Lipinski definition) is 4. The highest BCUT2D eigenvalue weighted by Gasteiger charge is 2.26. The summed E-state index contributed by atoms with van der Waals surface area (Å²) in [5.41, 5.74) is 1.93. The van der Waals surface area contributed by atoms with Gasteiger partial charge < -0.3 is 16.0 Å². The minimum Gasteiger partial charge on any atom is -0.357 e. The van der Waals surface area contributed by atoms with E-state index in [4.69, 9.17) is 0 Å². The predicted molar refractivity (Wildman–Crippen MR) is 130 cm³/mol. The fraction of sp³-hybridized carbons (Fsp3) is 0.400. The maximum absolute atomic E-state index is 13.2. The minimum atomic E-state index is -0.753. The van der Waals surface area contributed by atoms with Gasteiger partial charge >= 0.3 is 0 Å². The molecule has 32 heavy (non-hydrogen) atoms. The van der Waals surface area contributed by atoms with E-state index in [1.807, 2.05) is 68.4 Å². The van der Waals surface area contributed by atoms with Crippen LogP contribution in [0.4, 0.5) is 0 Å². The number of carbonyl (C=O) groups is 3. The number of rotatable bonds is 11. The van der Waals surface area contributed by atoms with Crippen molar-refractivity contribution in [2.45, 2.75) is 56.5 Å². The number of aryl methyl sites for hydroxylation is 1. The van der Waals surface area contributed by atoms with Crippen molar-refractivity contribution in [2.24, 2.45) is 5.92 Å². The summed E-state index contributed by atoms with van der Waals surface area (Å²) in [5.74, 6) is -0.661. The van der Waals surface area contributed by atoms with Gasteiger partial charge in [-0.25, -0.2) is 0 Å². The Morgan fingerprint density at radius 1 is 0.875 bits per heavy atom. The largest absolute Gasteiger partial charge is 0.357 e. The van der Waals surface area contributed by atoms with Gasteiger partial charge in [0.15, 0.2) is 0 Å². The Bertz CT molecular complexity index is 902. The Morgan fingerprint density at radius 3 is 2.16 bits per heavy atom. The van der Waals surface area contributed by atoms with E-state index < -0.39 is 12.1 Å². The van der Waals surface area contributed by atoms with Crippen molar-refractivity contribution in [1.82, 2.24) is 16.0 Å². The number of amides is 3. The van der Waals surface area contributed by atoms with Crippen molar-refractivity contribution in [3.05, 3.63) is 65.7 Å². The third-order valence-corrected chi connectivity index (χ3v) is 5.54. The Labute approximate surface area is 196 Å². The van der Waals surface area contributed by atoms with E-state index in [2.05, 4.69) is 28.6 Å². The van der Waals surface area contributed by atoms with Crippen LogP contribution in [0, 0.1) is 5.92 Å². The van der Waals surface area contributed by atoms with Gasteiger partial charge in [0.2, 0.25) is 17.7 Å². The molecule has 3 N–H and O–H groups in total. The lowest BCUT2D eigenvalue weighted by Crippen LogP contribution is -2.54. The van der Waals surface area contributed by atoms with Gasteiger partial charge in [0.25, 0.3) is 0 Å². The summed E-state index contributed by atoms with van der Waals surface area (Å²) in [6.07, 6.45) is 1.66. The summed E-state index contributed by atoms with van der Waals surface area (Å²) >= 11 is 4.48. The highest BCUT2D eigenvalue weighted by atomic mass is 32.1. The fourth-order valence-corrected chi connectivity index (χ4v) is 3.69. The SMILES string of the molecule is CNC(=O)[C@H](Cc1ccccc1)NC(=O)[C@H](CCc1ccccc1S)NC(=O)CC(C)C. The predicted octanol–water partition coefficient (Wildman–Crippen LogP) is 2.91. The first kappa shape index (κ1) is 25.5. The summed E-state index contributed by atoms with van der Waals surface area (Å²) in [6, 6.07) is 15.7. The zero-order valence-electron chi connectivity index (χ0n) is 18.9. The highest BCUT2D eigenvalue weighted by molar-refractivity contribution is 7.80. The number of thiol groups is 1. The number of likely N-dealkylation sites (N-methyl/N-ethyl adjacent to an activating group) is 1. The van der Waals surface area contributed by atoms with E-state index in [0.29, 0.717) is 25.7 Å². The summed E-state index contributed by atoms with van der Waals surface area (Å²) in [4.78, 5) is 38.9. The molecule has 6 nitrogen and oxygen atoms in total. The second-order valence-electron chi connectivity index (χ2n) is 8.25. The van der Waals surface area contributed by atoms with Gasteiger partial charge in [-0.2, -0.15) is 0 Å². The molecule has 2 aromatic carbocycles. The Morgan fingerprint density at radius 2 is 1.53 bits per heavy atom. The average molecular weight is 456 g/mol. The summed E-state index contributed by atoms with van der Waals surface area (Å²) < 4.78 is 0. The van der Waals surface area contributed by atoms with Crippen LogP contribution in [0.25, 0.3) is 0 Å². The van der Waals surface area contributed by atoms with Crippen molar-refractivity contribution < 1.29 is 14.4 Å². The molecule has 0 fully saturated rings. The van der Waals surface area contributed by atoms with Crippen molar-refractivity contribution in [3.63, 3.8) is 0 Å². The molecule has 0 heterocycles. The molecule has 0 bridgehead atoms. The molecule has 3 amide bonds. The molecule has 2 aromatic rings. The minimum absolute atomic E-state index is 0.175. The fourth-order valence-electron chi connectivity index (χ4n) is 3.42. The van der Waals surface area contributed by atoms with E-state index in [1.165, 1.54) is 7.05 Å². The van der Waals surface area contributed by atoms with Crippen LogP contribution in [-0.2, 0) is 27.2 Å². The molecule has 172 valence electrons. The lowest BCUT2D eigenvalue weighted by atomic mass is 10.0. The Kier molecular flexibility index (Phi) is 10.3. The first-order chi connectivity index (χ1) is 15.3. The van der Waals surface area contributed by atoms with Crippen LogP contribution in [0.1, 0.15) is 37.8 Å². The van der Waals surface area contributed by atoms with Crippen molar-refractivity contribution in [1.29, 1.82) is 0 Å². The number of nitrogens with one attached hydrogen (secondary N) is 3. The smallest absolute Gasteiger partial charge is 0.243 e. The monoisotopic (exact) mass is 455 g/mol. The Hall–Kier alpha value is -2.80. The summed E-state index contributed by atoms with van der Waals surface area (Å²) in [5, 5.41) is 8.31. The number of hydrogen-bond acceptors (Lipinski definition) is 4. The molecule has 0 aliphatic carbocycles. The van der Waals surface area contributed by atoms with Gasteiger partial charge in [-0.05, 0) is 36.0 Å². The molecule has 0 saturated carbocycles. The topological polar surface area (TPSA) is 87.3 Å². The average Bonchev–Trinajstić information content (AvgIpc) is 2.76. The zero-order valence-corrected chi connectivity index (χ0v) is 19.8. The first-order valence-corrected chi connectivity index (χ1v) is 11.4. The van der Waals surface area contributed by atoms with Crippen LogP contribution in [0.3, 0.4) is 0 Å². The van der Waals surface area contributed by atoms with Crippen molar-refractivity contribution >= 4 is 30.4 Å². The molecule has 0 radical (unpaired) electrons. The lowest BCUT2D eigenvalue weighted by molar-refractivity contribution is -0.132. The van der Waals surface area contributed by atoms with Crippen LogP contribution in [-0.4, -0.2) is 36.9 Å². The maximum atomic E-state index is 13.2. The van der Waals surface area contributed by atoms with Crippen molar-refractivity contribution in [3.8, 4) is 0 Å². The molecular formula is C25H33N3O3S. The molecule has 0 aliphatic rings. The normalized spacial score (nSPS) is 12.7. The molecule has 0 aromatic heterocycles. The van der Waals surface area contributed by atoms with E-state index in [9.17, 15) is 14.4 Å². The molecule has 0 spiro atoms. The number of carbonyl (C=O) groups excluding carboxylic acids is 3. The van der Waals surface area contributed by atoms with Gasteiger partial charge in [0.1, 0.15) is 12.1 Å². The van der Waals surface area contributed by atoms with Gasteiger partial charge in [-0.3, -0.25) is 14.4 Å². The molecule has 0 saturated heterocycles. The second-order valence-corrected chi connectivity index (χ2v) is 8.73. The van der Waals surface area contributed by atoms with Crippen LogP contribution < -0.4 is 16.0 Å². The van der Waals surface area contributed by atoms with Gasteiger partial charge in [0, 0.05) is 24.8 Å². The van der Waals surface area contributed by atoms with Crippen molar-refractivity contribution in [2.75, 3.05) is 7.05 Å². The van der Waals surface area contributed by atoms with E-state index in [0.717, 1.165) is 16.0 Å². The zero-order chi connectivity index (χ0) is 23.5. The summed E-state index contributed by atoms with van der Waals surface area (Å²) in [7, 11) is 1.54. The van der Waals surface area contributed by atoms with Crippen LogP contribution >= 0.6 is 12.6 Å². The quantitative estimate of drug-likeness (QED) is 0.393. The molecule has 0 aliphatic heterocycles. The third kappa shape index (κ3) is 8.38. The van der Waals surface area contributed by atoms with Gasteiger partial charge in [-0.1, -0.05) is 62.4 Å². The van der Waals surface area contributed by atoms with Crippen LogP contribution in [0.2, 0.25) is 0 Å². The molecule has 7 heteroatoms. The van der Waals surface area contributed by atoms with E-state index in [1.54, 1.807) is 0 Å². The van der Waals surface area contributed by atoms with E-state index in [-0.39, 0.29) is 23.6 Å². The lowest BCUT2D eigenvalue weighted by Gasteiger charge is -2.23. The Balaban J connectivity index is 2.14. The molecule has 2 rings (SSSR count). The van der Waals surface area contributed by atoms with Crippen LogP contribution in [0.5, 0.6) is 0 Å². The van der Waals surface area contributed by atoms with Gasteiger partial charge in [-0.15, -0.1) is 12.6 Å². The maximum Gasteiger partial charge on any atom is 0.243 e. The summed E-state index contributed by atoms with van der Waals surface area (Å²) in [6.45, 7) is 3.90. The molecular weight excluding hydrogens is 422 g/mol. The molecule has 0 unspecified atom stereocenters. The first-order valence-electron chi connectivity index (χ1n) is 10.9. The van der Waals surface area contributed by atoms with E-state index >= 15 is 0 Å². The number of benzene rings is 2.